The van der Waals surface area contributed by atoms with Crippen LogP contribution >= 0.6 is 0 Å². The topological polar surface area (TPSA) is 54.4 Å². The molecule has 78 valence electrons. The van der Waals surface area contributed by atoms with Crippen molar-refractivity contribution in [2.75, 3.05) is 0 Å². The lowest BCUT2D eigenvalue weighted by atomic mass is 10.0. The zero-order valence-electron chi connectivity index (χ0n) is 8.43. The van der Waals surface area contributed by atoms with E-state index in [0.717, 1.165) is 5.56 Å². The molecule has 15 heavy (non-hydrogen) atoms. The highest BCUT2D eigenvalue weighted by Crippen LogP contribution is 2.41. The molecule has 0 heterocycles. The van der Waals surface area contributed by atoms with Gasteiger partial charge in [0.15, 0.2) is 5.78 Å². The molecule has 2 atom stereocenters. The van der Waals surface area contributed by atoms with Crippen LogP contribution in [0.25, 0.3) is 0 Å². The summed E-state index contributed by atoms with van der Waals surface area (Å²) >= 11 is 0. The first-order chi connectivity index (χ1) is 7.09. The third-order valence-corrected chi connectivity index (χ3v) is 2.78. The summed E-state index contributed by atoms with van der Waals surface area (Å²) < 4.78 is 0. The molecule has 0 bridgehead atoms. The molecule has 0 amide bonds. The van der Waals surface area contributed by atoms with Crippen molar-refractivity contribution in [3.63, 3.8) is 0 Å². The second kappa shape index (κ2) is 3.50. The summed E-state index contributed by atoms with van der Waals surface area (Å²) in [5.41, 5.74) is 1.71. The predicted octanol–water partition coefficient (Wildman–Crippen LogP) is 1.90. The van der Waals surface area contributed by atoms with Crippen LogP contribution in [0.15, 0.2) is 24.3 Å². The average Bonchev–Trinajstić information content (AvgIpc) is 2.97. The van der Waals surface area contributed by atoms with Crippen LogP contribution in [0.2, 0.25) is 0 Å². The van der Waals surface area contributed by atoms with Crippen molar-refractivity contribution in [2.24, 2.45) is 11.8 Å². The van der Waals surface area contributed by atoms with Gasteiger partial charge in [0.05, 0.1) is 5.92 Å². The Morgan fingerprint density at radius 2 is 1.80 bits per heavy atom. The van der Waals surface area contributed by atoms with Crippen LogP contribution < -0.4 is 0 Å². The van der Waals surface area contributed by atoms with Crippen molar-refractivity contribution in [3.8, 4) is 0 Å². The van der Waals surface area contributed by atoms with Crippen LogP contribution in [0.5, 0.6) is 0 Å². The highest BCUT2D eigenvalue weighted by Gasteiger charge is 2.48. The van der Waals surface area contributed by atoms with E-state index >= 15 is 0 Å². The monoisotopic (exact) mass is 204 g/mol. The molecule has 1 aliphatic carbocycles. The number of hydrogen-bond donors (Lipinski definition) is 1. The Bertz CT molecular complexity index is 405. The van der Waals surface area contributed by atoms with Crippen LogP contribution in [0.3, 0.4) is 0 Å². The molecule has 1 aliphatic rings. The van der Waals surface area contributed by atoms with Gasteiger partial charge in [-0.2, -0.15) is 0 Å². The van der Waals surface area contributed by atoms with Crippen molar-refractivity contribution < 1.29 is 14.7 Å². The Kier molecular flexibility index (Phi) is 2.31. The molecular weight excluding hydrogens is 192 g/mol. The molecule has 0 spiro atoms. The van der Waals surface area contributed by atoms with E-state index in [1.165, 1.54) is 0 Å². The standard InChI is InChI=1S/C12H12O3/c1-7-2-4-8(5-3-7)11(13)9-6-10(9)12(14)15/h2-5,9-10H,6H2,1H3,(H,14,15)/t9-,10+/m0/s1. The fourth-order valence-corrected chi connectivity index (χ4v) is 1.69. The number of ketones is 1. The molecule has 3 heteroatoms. The zero-order valence-corrected chi connectivity index (χ0v) is 8.43. The second-order valence-electron chi connectivity index (χ2n) is 4.02. The lowest BCUT2D eigenvalue weighted by molar-refractivity contribution is -0.138. The first kappa shape index (κ1) is 9.90. The largest absolute Gasteiger partial charge is 0.481 e. The van der Waals surface area contributed by atoms with Gasteiger partial charge in [-0.05, 0) is 13.3 Å². The van der Waals surface area contributed by atoms with Crippen LogP contribution in [0.4, 0.5) is 0 Å². The van der Waals surface area contributed by atoms with Gasteiger partial charge in [0.25, 0.3) is 0 Å². The number of rotatable bonds is 3. The van der Waals surface area contributed by atoms with E-state index in [9.17, 15) is 9.59 Å². The van der Waals surface area contributed by atoms with E-state index in [0.29, 0.717) is 12.0 Å². The summed E-state index contributed by atoms with van der Waals surface area (Å²) in [7, 11) is 0. The molecule has 1 N–H and O–H groups in total. The molecule has 2 rings (SSSR count). The van der Waals surface area contributed by atoms with E-state index in [-0.39, 0.29) is 11.7 Å². The third kappa shape index (κ3) is 1.91. The number of aliphatic carboxylic acids is 1. The summed E-state index contributed by atoms with van der Waals surface area (Å²) in [6.07, 6.45) is 0.488. The minimum absolute atomic E-state index is 0.0394. The van der Waals surface area contributed by atoms with E-state index in [4.69, 9.17) is 5.11 Å². The fraction of sp³-hybridized carbons (Fsp3) is 0.333. The summed E-state index contributed by atoms with van der Waals surface area (Å²) in [5.74, 6) is -1.66. The Hall–Kier alpha value is -1.64. The lowest BCUT2D eigenvalue weighted by Gasteiger charge is -1.99. The van der Waals surface area contributed by atoms with Crippen molar-refractivity contribution in [3.05, 3.63) is 35.4 Å². The van der Waals surface area contributed by atoms with E-state index in [2.05, 4.69) is 0 Å². The van der Waals surface area contributed by atoms with Gasteiger partial charge in [0.1, 0.15) is 0 Å². The number of benzene rings is 1. The quantitative estimate of drug-likeness (QED) is 0.765. The van der Waals surface area contributed by atoms with E-state index in [1.54, 1.807) is 12.1 Å². The van der Waals surface area contributed by atoms with Gasteiger partial charge in [-0.3, -0.25) is 9.59 Å². The van der Waals surface area contributed by atoms with E-state index in [1.807, 2.05) is 19.1 Å². The van der Waals surface area contributed by atoms with Crippen LogP contribution in [-0.2, 0) is 4.79 Å². The molecule has 1 aromatic carbocycles. The van der Waals surface area contributed by atoms with Crippen molar-refractivity contribution in [1.82, 2.24) is 0 Å². The first-order valence-electron chi connectivity index (χ1n) is 4.93. The zero-order chi connectivity index (χ0) is 11.0. The van der Waals surface area contributed by atoms with Gasteiger partial charge in [0, 0.05) is 11.5 Å². The van der Waals surface area contributed by atoms with Gasteiger partial charge in [-0.25, -0.2) is 0 Å². The molecule has 1 fully saturated rings. The number of carbonyl (C=O) groups excluding carboxylic acids is 1. The highest BCUT2D eigenvalue weighted by atomic mass is 16.4. The molecular formula is C12H12O3. The maximum absolute atomic E-state index is 11.8. The summed E-state index contributed by atoms with van der Waals surface area (Å²) in [6.45, 7) is 1.95. The Morgan fingerprint density at radius 1 is 1.20 bits per heavy atom. The number of carboxylic acids is 1. The highest BCUT2D eigenvalue weighted by molar-refractivity contribution is 6.02. The van der Waals surface area contributed by atoms with Gasteiger partial charge in [0.2, 0.25) is 0 Å². The molecule has 3 nitrogen and oxygen atoms in total. The van der Waals surface area contributed by atoms with Gasteiger partial charge in [-0.15, -0.1) is 0 Å². The summed E-state index contributed by atoms with van der Waals surface area (Å²) in [4.78, 5) is 22.4. The van der Waals surface area contributed by atoms with Crippen LogP contribution in [-0.4, -0.2) is 16.9 Å². The maximum Gasteiger partial charge on any atom is 0.307 e. The number of carboxylic acid groups (broad SMARTS) is 1. The predicted molar refractivity (Wildman–Crippen MR) is 54.7 cm³/mol. The number of hydrogen-bond acceptors (Lipinski definition) is 2. The van der Waals surface area contributed by atoms with Gasteiger partial charge in [-0.1, -0.05) is 29.8 Å². The Morgan fingerprint density at radius 3 is 2.27 bits per heavy atom. The first-order valence-corrected chi connectivity index (χ1v) is 4.93. The lowest BCUT2D eigenvalue weighted by Crippen LogP contribution is -2.08. The smallest absolute Gasteiger partial charge is 0.307 e. The fourth-order valence-electron chi connectivity index (χ4n) is 1.69. The van der Waals surface area contributed by atoms with Gasteiger partial charge < -0.3 is 5.11 Å². The number of carbonyl (C=O) groups is 2. The molecule has 0 radical (unpaired) electrons. The van der Waals surface area contributed by atoms with Crippen LogP contribution in [0, 0.1) is 18.8 Å². The van der Waals surface area contributed by atoms with Crippen molar-refractivity contribution in [2.45, 2.75) is 13.3 Å². The Labute approximate surface area is 87.7 Å². The number of Topliss-reactive ketones (excluding diaryl/α,β-unsaturated/α-hetero) is 1. The van der Waals surface area contributed by atoms with Crippen molar-refractivity contribution >= 4 is 11.8 Å². The van der Waals surface area contributed by atoms with Crippen LogP contribution in [0.1, 0.15) is 22.3 Å². The molecule has 0 aromatic heterocycles. The SMILES string of the molecule is Cc1ccc(C(=O)[C@H]2C[C@H]2C(=O)O)cc1. The minimum Gasteiger partial charge on any atom is -0.481 e. The minimum atomic E-state index is -0.861. The van der Waals surface area contributed by atoms with Gasteiger partial charge >= 0.3 is 5.97 Å². The molecule has 1 saturated carbocycles. The molecule has 1 aromatic rings. The number of aryl methyl sites for hydroxylation is 1. The molecule has 0 unspecified atom stereocenters. The second-order valence-corrected chi connectivity index (χ2v) is 4.02. The summed E-state index contributed by atoms with van der Waals surface area (Å²) in [5, 5.41) is 8.71. The normalized spacial score (nSPS) is 23.5. The molecule has 0 aliphatic heterocycles. The van der Waals surface area contributed by atoms with Crippen molar-refractivity contribution in [1.29, 1.82) is 0 Å². The Balaban J connectivity index is 2.10. The maximum atomic E-state index is 11.8. The average molecular weight is 204 g/mol. The third-order valence-electron chi connectivity index (χ3n) is 2.78. The molecule has 0 saturated heterocycles. The summed E-state index contributed by atoms with van der Waals surface area (Å²) in [6, 6.07) is 7.25. The van der Waals surface area contributed by atoms with E-state index < -0.39 is 11.9 Å².